The minimum absolute atomic E-state index is 0.0510. The van der Waals surface area contributed by atoms with Crippen LogP contribution in [0.2, 0.25) is 0 Å². The van der Waals surface area contributed by atoms with Crippen molar-refractivity contribution in [2.45, 2.75) is 38.0 Å². The van der Waals surface area contributed by atoms with Gasteiger partial charge in [-0.15, -0.1) is 0 Å². The van der Waals surface area contributed by atoms with Crippen molar-refractivity contribution < 1.29 is 23.9 Å². The highest BCUT2D eigenvalue weighted by atomic mass is 16.6. The third-order valence-corrected chi connectivity index (χ3v) is 4.43. The van der Waals surface area contributed by atoms with Crippen molar-refractivity contribution in [3.8, 4) is 0 Å². The van der Waals surface area contributed by atoms with E-state index in [9.17, 15) is 14.4 Å². The van der Waals surface area contributed by atoms with Gasteiger partial charge in [-0.2, -0.15) is 0 Å². The Hall–Kier alpha value is -2.63. The first-order valence-corrected chi connectivity index (χ1v) is 7.87. The molecule has 126 valence electrons. The fraction of sp³-hybridized carbons (Fsp3) is 0.389. The lowest BCUT2D eigenvalue weighted by Crippen LogP contribution is -2.46. The van der Waals surface area contributed by atoms with Gasteiger partial charge in [0.05, 0.1) is 13.2 Å². The fourth-order valence-electron chi connectivity index (χ4n) is 3.23. The summed E-state index contributed by atoms with van der Waals surface area (Å²) < 4.78 is 10.2. The zero-order valence-electron chi connectivity index (χ0n) is 13.4. The van der Waals surface area contributed by atoms with E-state index in [-0.39, 0.29) is 18.8 Å². The molecule has 24 heavy (non-hydrogen) atoms. The average molecular weight is 329 g/mol. The molecule has 1 aliphatic carbocycles. The van der Waals surface area contributed by atoms with Gasteiger partial charge in [-0.25, -0.2) is 9.59 Å². The van der Waals surface area contributed by atoms with Gasteiger partial charge in [0.25, 0.3) is 0 Å². The first-order chi connectivity index (χ1) is 11.6. The molecule has 1 aliphatic heterocycles. The molecule has 0 spiro atoms. The molecule has 0 aromatic heterocycles. The molecule has 2 aliphatic rings. The van der Waals surface area contributed by atoms with Gasteiger partial charge in [0, 0.05) is 19.3 Å². The molecule has 0 N–H and O–H groups in total. The van der Waals surface area contributed by atoms with Crippen LogP contribution >= 0.6 is 0 Å². The number of esters is 1. The van der Waals surface area contributed by atoms with Gasteiger partial charge in [0.2, 0.25) is 0 Å². The van der Waals surface area contributed by atoms with E-state index in [2.05, 4.69) is 0 Å². The van der Waals surface area contributed by atoms with Crippen LogP contribution in [0.25, 0.3) is 0 Å². The normalized spacial score (nSPS) is 22.6. The number of fused-ring (bicyclic) bond motifs is 1. The number of nitrogens with zero attached hydrogens (tertiary/aromatic N) is 1. The van der Waals surface area contributed by atoms with Crippen LogP contribution in [-0.2, 0) is 25.7 Å². The maximum absolute atomic E-state index is 12.6. The lowest BCUT2D eigenvalue weighted by Gasteiger charge is -2.29. The predicted molar refractivity (Wildman–Crippen MR) is 85.0 cm³/mol. The van der Waals surface area contributed by atoms with Crippen LogP contribution in [0.15, 0.2) is 42.0 Å². The Morgan fingerprint density at radius 1 is 1.21 bits per heavy atom. The molecular weight excluding hydrogens is 310 g/mol. The number of likely N-dealkylation sites (tertiary alicyclic amines) is 1. The molecule has 6 nitrogen and oxygen atoms in total. The van der Waals surface area contributed by atoms with Crippen molar-refractivity contribution in [1.29, 1.82) is 0 Å². The van der Waals surface area contributed by atoms with Crippen LogP contribution in [0.4, 0.5) is 4.79 Å². The van der Waals surface area contributed by atoms with E-state index in [1.807, 2.05) is 36.4 Å². The lowest BCUT2D eigenvalue weighted by atomic mass is 9.93. The van der Waals surface area contributed by atoms with Crippen molar-refractivity contribution in [3.05, 3.63) is 47.5 Å². The molecule has 1 heterocycles. The molecule has 2 atom stereocenters. The zero-order valence-corrected chi connectivity index (χ0v) is 13.4. The molecule has 6 heteroatoms. The molecule has 0 radical (unpaired) electrons. The fourth-order valence-corrected chi connectivity index (χ4v) is 3.23. The van der Waals surface area contributed by atoms with Crippen LogP contribution in [0.3, 0.4) is 0 Å². The molecule has 0 saturated carbocycles. The number of carbonyl (C=O) groups excluding carboxylic acids is 3. The van der Waals surface area contributed by atoms with Crippen molar-refractivity contribution in [1.82, 2.24) is 4.90 Å². The summed E-state index contributed by atoms with van der Waals surface area (Å²) in [4.78, 5) is 37.7. The zero-order chi connectivity index (χ0) is 17.1. The van der Waals surface area contributed by atoms with Crippen molar-refractivity contribution in [2.75, 3.05) is 7.11 Å². The highest BCUT2D eigenvalue weighted by Crippen LogP contribution is 2.36. The average Bonchev–Trinajstić information content (AvgIpc) is 2.98. The van der Waals surface area contributed by atoms with Gasteiger partial charge in [0.15, 0.2) is 0 Å². The Balaban J connectivity index is 1.77. The molecule has 0 bridgehead atoms. The summed E-state index contributed by atoms with van der Waals surface area (Å²) in [5.41, 5.74) is 1.79. The van der Waals surface area contributed by atoms with E-state index in [1.165, 1.54) is 12.0 Å². The van der Waals surface area contributed by atoms with Crippen molar-refractivity contribution in [3.63, 3.8) is 0 Å². The summed E-state index contributed by atoms with van der Waals surface area (Å²) in [6, 6.07) is 8.16. The third-order valence-electron chi connectivity index (χ3n) is 4.43. The number of ketones is 1. The summed E-state index contributed by atoms with van der Waals surface area (Å²) in [6.45, 7) is 0.115. The number of amides is 1. The molecular formula is C18H19NO5. The SMILES string of the molecule is COC(=O)[C@@H]1CC2=CCC(=O)C[C@H]2N1C(=O)OCc1ccccc1. The van der Waals surface area contributed by atoms with Crippen LogP contribution in [0.5, 0.6) is 0 Å². The van der Waals surface area contributed by atoms with Crippen molar-refractivity contribution >= 4 is 17.8 Å². The number of methoxy groups -OCH3 is 1. The highest BCUT2D eigenvalue weighted by Gasteiger charge is 2.47. The lowest BCUT2D eigenvalue weighted by molar-refractivity contribution is -0.146. The minimum atomic E-state index is -0.736. The second kappa shape index (κ2) is 6.86. The van der Waals surface area contributed by atoms with E-state index in [0.29, 0.717) is 12.8 Å². The van der Waals surface area contributed by atoms with Gasteiger partial charge in [-0.1, -0.05) is 36.4 Å². The largest absolute Gasteiger partial charge is 0.467 e. The van der Waals surface area contributed by atoms with Crippen LogP contribution in [0.1, 0.15) is 24.8 Å². The van der Waals surface area contributed by atoms with Gasteiger partial charge in [0.1, 0.15) is 18.4 Å². The first kappa shape index (κ1) is 16.2. The highest BCUT2D eigenvalue weighted by molar-refractivity contribution is 5.88. The number of hydrogen-bond acceptors (Lipinski definition) is 5. The van der Waals surface area contributed by atoms with Crippen LogP contribution in [0, 0.1) is 0 Å². The molecule has 1 fully saturated rings. The minimum Gasteiger partial charge on any atom is -0.467 e. The number of ether oxygens (including phenoxy) is 2. The smallest absolute Gasteiger partial charge is 0.411 e. The monoisotopic (exact) mass is 329 g/mol. The number of Topliss-reactive ketones (excluding diaryl/α,β-unsaturated/α-hetero) is 1. The quantitative estimate of drug-likeness (QED) is 0.628. The number of rotatable bonds is 3. The number of benzene rings is 1. The Labute approximate surface area is 140 Å². The van der Waals surface area contributed by atoms with E-state index in [0.717, 1.165) is 11.1 Å². The summed E-state index contributed by atoms with van der Waals surface area (Å²) in [6.07, 6.45) is 2.19. The number of allylic oxidation sites excluding steroid dienone is 1. The first-order valence-electron chi connectivity index (χ1n) is 7.87. The molecule has 3 rings (SSSR count). The molecule has 1 aromatic rings. The number of carbonyl (C=O) groups is 3. The topological polar surface area (TPSA) is 72.9 Å². The summed E-state index contributed by atoms with van der Waals surface area (Å²) in [5.74, 6) is -0.440. The van der Waals surface area contributed by atoms with E-state index in [1.54, 1.807) is 0 Å². The second-order valence-electron chi connectivity index (χ2n) is 5.93. The van der Waals surface area contributed by atoms with Gasteiger partial charge in [-0.05, 0) is 11.1 Å². The Morgan fingerprint density at radius 2 is 1.96 bits per heavy atom. The number of hydrogen-bond donors (Lipinski definition) is 0. The Kier molecular flexibility index (Phi) is 4.64. The van der Waals surface area contributed by atoms with E-state index < -0.39 is 24.1 Å². The van der Waals surface area contributed by atoms with E-state index >= 15 is 0 Å². The standard InChI is InChI=1S/C18H19NO5/c1-23-17(21)16-9-13-7-8-14(20)10-15(13)19(16)18(22)24-11-12-5-3-2-4-6-12/h2-7,15-16H,8-11H2,1H3/t15-,16+/m1/s1. The Morgan fingerprint density at radius 3 is 2.67 bits per heavy atom. The maximum atomic E-state index is 12.6. The van der Waals surface area contributed by atoms with Crippen LogP contribution in [-0.4, -0.2) is 41.9 Å². The Bertz CT molecular complexity index is 682. The summed E-state index contributed by atoms with van der Waals surface area (Å²) >= 11 is 0. The van der Waals surface area contributed by atoms with Gasteiger partial charge < -0.3 is 9.47 Å². The van der Waals surface area contributed by atoms with Crippen molar-refractivity contribution in [2.24, 2.45) is 0 Å². The predicted octanol–water partition coefficient (Wildman–Crippen LogP) is 2.23. The second-order valence-corrected chi connectivity index (χ2v) is 5.93. The summed E-state index contributed by atoms with van der Waals surface area (Å²) in [5, 5.41) is 0. The van der Waals surface area contributed by atoms with E-state index in [4.69, 9.17) is 9.47 Å². The molecule has 1 amide bonds. The third kappa shape index (κ3) is 3.18. The van der Waals surface area contributed by atoms with Gasteiger partial charge >= 0.3 is 12.1 Å². The molecule has 1 saturated heterocycles. The van der Waals surface area contributed by atoms with Gasteiger partial charge in [-0.3, -0.25) is 9.69 Å². The molecule has 1 aromatic carbocycles. The maximum Gasteiger partial charge on any atom is 0.411 e. The molecule has 0 unspecified atom stereocenters. The summed E-state index contributed by atoms with van der Waals surface area (Å²) in [7, 11) is 1.29. The van der Waals surface area contributed by atoms with Crippen LogP contribution < -0.4 is 0 Å².